The average Bonchev–Trinajstić information content (AvgIpc) is 3.49. The third-order valence-corrected chi connectivity index (χ3v) is 12.1. The lowest BCUT2D eigenvalue weighted by molar-refractivity contribution is -0.0256. The Bertz CT molecular complexity index is 1320. The molecule has 6 heteroatoms. The Morgan fingerprint density at radius 2 is 1.82 bits per heavy atom. The number of likely N-dealkylation sites (N-methyl/N-ethyl adjacent to an activating group) is 1. The number of nitrogens with zero attached hydrogens (tertiary/aromatic N) is 2. The van der Waals surface area contributed by atoms with Crippen molar-refractivity contribution in [1.82, 2.24) is 14.8 Å². The molecule has 1 spiro atoms. The van der Waals surface area contributed by atoms with Crippen molar-refractivity contribution in [2.45, 2.75) is 88.7 Å². The smallest absolute Gasteiger partial charge is 0.270 e. The Morgan fingerprint density at radius 1 is 1.05 bits per heavy atom. The van der Waals surface area contributed by atoms with Gasteiger partial charge in [-0.25, -0.2) is 0 Å². The van der Waals surface area contributed by atoms with E-state index in [1.807, 2.05) is 0 Å². The minimum absolute atomic E-state index is 0.0441. The van der Waals surface area contributed by atoms with E-state index in [0.717, 1.165) is 79.2 Å². The molecular formula is C33H43N3O3. The molecule has 1 saturated carbocycles. The molecule has 2 aromatic rings. The van der Waals surface area contributed by atoms with Crippen LogP contribution in [-0.4, -0.2) is 60.5 Å². The predicted molar refractivity (Wildman–Crippen MR) is 151 cm³/mol. The van der Waals surface area contributed by atoms with Crippen LogP contribution in [0.25, 0.3) is 0 Å². The number of amides is 1. The summed E-state index contributed by atoms with van der Waals surface area (Å²) in [7, 11) is 4.04. The molecule has 1 amide bonds. The number of fused-ring (bicyclic) bond motifs is 2. The van der Waals surface area contributed by atoms with Gasteiger partial charge in [0.15, 0.2) is 11.5 Å². The summed E-state index contributed by atoms with van der Waals surface area (Å²) in [5.41, 5.74) is 7.22. The van der Waals surface area contributed by atoms with Crippen LogP contribution in [0.3, 0.4) is 0 Å². The van der Waals surface area contributed by atoms with Crippen LogP contribution in [0.5, 0.6) is 11.5 Å². The van der Waals surface area contributed by atoms with Crippen LogP contribution in [0.1, 0.15) is 95.9 Å². The van der Waals surface area contributed by atoms with Gasteiger partial charge in [0.1, 0.15) is 11.8 Å². The molecule has 2 bridgehead atoms. The Labute approximate surface area is 232 Å². The SMILES string of the molecule is COc1ccc2c3c1O[C@H]1c4[nH]c(C(=O)N5CCC(C6CCCCC6)CC5)c(C)c4C[C@H]4[C@@H](C2)N(C)CCC314. The lowest BCUT2D eigenvalue weighted by Crippen LogP contribution is -2.62. The average molecular weight is 530 g/mol. The molecule has 3 aliphatic heterocycles. The zero-order chi connectivity index (χ0) is 26.5. The van der Waals surface area contributed by atoms with Crippen molar-refractivity contribution in [3.05, 3.63) is 45.8 Å². The maximum atomic E-state index is 14.0. The van der Waals surface area contributed by atoms with Gasteiger partial charge in [-0.1, -0.05) is 38.2 Å². The molecule has 1 unspecified atom stereocenters. The van der Waals surface area contributed by atoms with Crippen molar-refractivity contribution >= 4 is 5.91 Å². The van der Waals surface area contributed by atoms with E-state index in [2.05, 4.69) is 40.9 Å². The topological polar surface area (TPSA) is 57.8 Å². The van der Waals surface area contributed by atoms with Crippen molar-refractivity contribution in [3.8, 4) is 11.5 Å². The number of methoxy groups -OCH3 is 1. The first-order chi connectivity index (χ1) is 19.0. The van der Waals surface area contributed by atoms with Crippen molar-refractivity contribution in [1.29, 1.82) is 0 Å². The number of carbonyl (C=O) groups excluding carboxylic acids is 1. The zero-order valence-electron chi connectivity index (χ0n) is 23.9. The van der Waals surface area contributed by atoms with Crippen LogP contribution in [0, 0.1) is 24.7 Å². The second-order valence-electron chi connectivity index (χ2n) is 13.5. The van der Waals surface area contributed by atoms with Gasteiger partial charge in [-0.3, -0.25) is 4.79 Å². The van der Waals surface area contributed by atoms with Gasteiger partial charge in [-0.15, -0.1) is 0 Å². The fourth-order valence-electron chi connectivity index (χ4n) is 9.99. The van der Waals surface area contributed by atoms with Crippen LogP contribution >= 0.6 is 0 Å². The van der Waals surface area contributed by atoms with Gasteiger partial charge in [-0.05, 0) is 93.1 Å². The first-order valence-electron chi connectivity index (χ1n) is 15.6. The number of nitrogens with one attached hydrogen (secondary N) is 1. The Balaban J connectivity index is 1.13. The monoisotopic (exact) mass is 529 g/mol. The summed E-state index contributed by atoms with van der Waals surface area (Å²) in [6.45, 7) is 5.04. The summed E-state index contributed by atoms with van der Waals surface area (Å²) in [4.78, 5) is 22.4. The third-order valence-electron chi connectivity index (χ3n) is 12.1. The molecule has 208 valence electrons. The summed E-state index contributed by atoms with van der Waals surface area (Å²) < 4.78 is 12.8. The molecule has 8 rings (SSSR count). The molecule has 1 N–H and O–H groups in total. The number of hydrogen-bond donors (Lipinski definition) is 1. The number of ether oxygens (including phenoxy) is 2. The molecule has 1 aromatic carbocycles. The van der Waals surface area contributed by atoms with Gasteiger partial charge in [0.25, 0.3) is 5.91 Å². The van der Waals surface area contributed by atoms with Crippen molar-refractivity contribution in [2.24, 2.45) is 17.8 Å². The van der Waals surface area contributed by atoms with Crippen molar-refractivity contribution in [2.75, 3.05) is 33.8 Å². The lowest BCUT2D eigenvalue weighted by Gasteiger charge is -2.57. The van der Waals surface area contributed by atoms with Crippen LogP contribution in [-0.2, 0) is 18.3 Å². The zero-order valence-corrected chi connectivity index (χ0v) is 23.9. The van der Waals surface area contributed by atoms with E-state index in [1.165, 1.54) is 61.6 Å². The maximum Gasteiger partial charge on any atom is 0.270 e. The first kappa shape index (κ1) is 24.3. The highest BCUT2D eigenvalue weighted by Gasteiger charge is 2.65. The molecule has 6 aliphatic rings. The number of piperidine rings is 2. The molecular weight excluding hydrogens is 486 g/mol. The fourth-order valence-corrected chi connectivity index (χ4v) is 9.99. The molecule has 4 heterocycles. The third kappa shape index (κ3) is 3.27. The van der Waals surface area contributed by atoms with Crippen LogP contribution in [0.4, 0.5) is 0 Å². The van der Waals surface area contributed by atoms with Crippen molar-refractivity contribution < 1.29 is 14.3 Å². The summed E-state index contributed by atoms with van der Waals surface area (Å²) >= 11 is 0. The van der Waals surface area contributed by atoms with E-state index in [0.29, 0.717) is 12.0 Å². The maximum absolute atomic E-state index is 14.0. The molecule has 6 nitrogen and oxygen atoms in total. The highest BCUT2D eigenvalue weighted by Crippen LogP contribution is 2.67. The number of rotatable bonds is 3. The minimum Gasteiger partial charge on any atom is -0.493 e. The number of hydrogen-bond acceptors (Lipinski definition) is 4. The van der Waals surface area contributed by atoms with Crippen LogP contribution < -0.4 is 9.47 Å². The highest BCUT2D eigenvalue weighted by atomic mass is 16.5. The van der Waals surface area contributed by atoms with E-state index < -0.39 is 0 Å². The summed E-state index contributed by atoms with van der Waals surface area (Å²) in [6, 6.07) is 4.86. The molecule has 3 aliphatic carbocycles. The van der Waals surface area contributed by atoms with E-state index >= 15 is 0 Å². The molecule has 4 atom stereocenters. The number of H-pyrrole nitrogens is 1. The normalized spacial score (nSPS) is 32.0. The first-order valence-corrected chi connectivity index (χ1v) is 15.6. The molecule has 3 fully saturated rings. The van der Waals surface area contributed by atoms with E-state index in [9.17, 15) is 4.79 Å². The standard InChI is InChI=1S/C33H43N3O3/c1-19-23-18-24-25-17-22-9-10-26(38-3)30-27(22)33(24,13-16-35(25)2)31(39-30)29(23)34-28(19)32(37)36-14-11-21(12-15-36)20-7-5-4-6-8-20/h9-10,20-21,24-25,31,34H,4-8,11-18H2,1-3H3/t24-,25+,31-,33?/m0/s1. The number of benzene rings is 1. The Kier molecular flexibility index (Phi) is 5.47. The minimum atomic E-state index is -0.0786. The van der Waals surface area contributed by atoms with E-state index in [-0.39, 0.29) is 17.4 Å². The quantitative estimate of drug-likeness (QED) is 0.565. The largest absolute Gasteiger partial charge is 0.493 e. The number of aromatic amines is 1. The fraction of sp³-hybridized carbons (Fsp3) is 0.667. The molecule has 1 aromatic heterocycles. The lowest BCUT2D eigenvalue weighted by atomic mass is 9.51. The van der Waals surface area contributed by atoms with Crippen LogP contribution in [0.2, 0.25) is 0 Å². The van der Waals surface area contributed by atoms with Gasteiger partial charge < -0.3 is 24.3 Å². The van der Waals surface area contributed by atoms with Gasteiger partial charge in [0.2, 0.25) is 0 Å². The second-order valence-corrected chi connectivity index (χ2v) is 13.5. The Morgan fingerprint density at radius 3 is 2.59 bits per heavy atom. The number of likely N-dealkylation sites (tertiary alicyclic amines) is 2. The number of carbonyl (C=O) groups is 1. The molecule has 2 saturated heterocycles. The van der Waals surface area contributed by atoms with Crippen molar-refractivity contribution in [3.63, 3.8) is 0 Å². The van der Waals surface area contributed by atoms with E-state index in [4.69, 9.17) is 9.47 Å². The predicted octanol–water partition coefficient (Wildman–Crippen LogP) is 5.57. The van der Waals surface area contributed by atoms with Gasteiger partial charge in [0, 0.05) is 30.1 Å². The second kappa shape index (κ2) is 8.76. The highest BCUT2D eigenvalue weighted by molar-refractivity contribution is 5.94. The van der Waals surface area contributed by atoms with Gasteiger partial charge in [0.05, 0.1) is 12.8 Å². The molecule has 0 radical (unpaired) electrons. The number of aromatic nitrogens is 1. The van der Waals surface area contributed by atoms with Crippen LogP contribution in [0.15, 0.2) is 12.1 Å². The Hall–Kier alpha value is -2.47. The van der Waals surface area contributed by atoms with Gasteiger partial charge >= 0.3 is 0 Å². The molecule has 39 heavy (non-hydrogen) atoms. The van der Waals surface area contributed by atoms with Gasteiger partial charge in [-0.2, -0.15) is 0 Å². The van der Waals surface area contributed by atoms with E-state index in [1.54, 1.807) is 7.11 Å². The summed E-state index contributed by atoms with van der Waals surface area (Å²) in [5, 5.41) is 0. The summed E-state index contributed by atoms with van der Waals surface area (Å²) in [6.07, 6.45) is 12.4. The summed E-state index contributed by atoms with van der Waals surface area (Å²) in [5.74, 6) is 4.16.